The number of rotatable bonds is 1. The minimum absolute atomic E-state index is 0.196. The zero-order valence-electron chi connectivity index (χ0n) is 13.7. The molecule has 22 heavy (non-hydrogen) atoms. The molecule has 0 aromatic heterocycles. The lowest BCUT2D eigenvalue weighted by molar-refractivity contribution is -0.176. The molecule has 3 rings (SSSR count). The molecule has 0 bridgehead atoms. The summed E-state index contributed by atoms with van der Waals surface area (Å²) < 4.78 is 29.5. The molecule has 2 aliphatic heterocycles. The number of hydrogen-bond acceptors (Lipinski definition) is 6. The maximum atomic E-state index is 11.4. The summed E-state index contributed by atoms with van der Waals surface area (Å²) in [4.78, 5) is 11.4. The molecule has 0 aromatic rings. The molecule has 2 fully saturated rings. The Morgan fingerprint density at radius 1 is 1.00 bits per heavy atom. The second-order valence-corrected chi connectivity index (χ2v) is 6.94. The van der Waals surface area contributed by atoms with E-state index in [1.807, 2.05) is 39.8 Å². The molecule has 5 atom stereocenters. The maximum Gasteiger partial charge on any atom is 0.303 e. The Morgan fingerprint density at radius 2 is 1.59 bits per heavy atom. The van der Waals surface area contributed by atoms with Gasteiger partial charge in [0.2, 0.25) is 0 Å². The van der Waals surface area contributed by atoms with Gasteiger partial charge in [0.25, 0.3) is 0 Å². The Bertz CT molecular complexity index is 483. The molecule has 2 heterocycles. The van der Waals surface area contributed by atoms with Gasteiger partial charge in [0.1, 0.15) is 30.5 Å². The molecule has 0 amide bonds. The fourth-order valence-electron chi connectivity index (χ4n) is 3.39. The number of esters is 1. The maximum absolute atomic E-state index is 11.4. The standard InChI is InChI=1S/C16H24O6/c1-9(17)18-10-7-6-8-11-13(21-15(2,3)19-11)14-12(10)20-16(4,5)22-14/h6,8,10-14H,7H2,1-5H3/b8-6-/t10-,11+,12-,13-,14-/m1/s1. The molecule has 6 heteroatoms. The van der Waals surface area contributed by atoms with Gasteiger partial charge in [-0.05, 0) is 27.7 Å². The van der Waals surface area contributed by atoms with Crippen LogP contribution < -0.4 is 0 Å². The summed E-state index contributed by atoms with van der Waals surface area (Å²) in [6.07, 6.45) is 2.86. The van der Waals surface area contributed by atoms with Gasteiger partial charge in [-0.25, -0.2) is 0 Å². The van der Waals surface area contributed by atoms with Gasteiger partial charge < -0.3 is 23.7 Å². The van der Waals surface area contributed by atoms with Gasteiger partial charge in [0.15, 0.2) is 11.6 Å². The second kappa shape index (κ2) is 5.30. The van der Waals surface area contributed by atoms with Crippen molar-refractivity contribution in [2.75, 3.05) is 0 Å². The number of carbonyl (C=O) groups is 1. The molecule has 6 nitrogen and oxygen atoms in total. The topological polar surface area (TPSA) is 63.2 Å². The first kappa shape index (κ1) is 15.9. The van der Waals surface area contributed by atoms with Gasteiger partial charge in [-0.3, -0.25) is 4.79 Å². The van der Waals surface area contributed by atoms with Gasteiger partial charge in [-0.2, -0.15) is 0 Å². The molecule has 0 radical (unpaired) electrons. The molecular formula is C16H24O6. The summed E-state index contributed by atoms with van der Waals surface area (Å²) >= 11 is 0. The number of hydrogen-bond donors (Lipinski definition) is 0. The Kier molecular flexibility index (Phi) is 3.84. The summed E-state index contributed by atoms with van der Waals surface area (Å²) in [5.41, 5.74) is 0. The van der Waals surface area contributed by atoms with Gasteiger partial charge in [0, 0.05) is 13.3 Å². The number of fused-ring (bicyclic) bond motifs is 3. The third kappa shape index (κ3) is 3.06. The molecule has 0 unspecified atom stereocenters. The fourth-order valence-corrected chi connectivity index (χ4v) is 3.39. The predicted octanol–water partition coefficient (Wildman–Crippen LogP) is 1.92. The molecule has 0 N–H and O–H groups in total. The van der Waals surface area contributed by atoms with Crippen molar-refractivity contribution in [2.45, 2.75) is 83.1 Å². The third-order valence-electron chi connectivity index (χ3n) is 4.03. The van der Waals surface area contributed by atoms with Crippen molar-refractivity contribution in [3.63, 3.8) is 0 Å². The highest BCUT2D eigenvalue weighted by molar-refractivity contribution is 5.66. The van der Waals surface area contributed by atoms with E-state index in [-0.39, 0.29) is 30.4 Å². The molecule has 0 spiro atoms. The average Bonchev–Trinajstić information content (AvgIpc) is 2.82. The van der Waals surface area contributed by atoms with Crippen molar-refractivity contribution >= 4 is 5.97 Å². The van der Waals surface area contributed by atoms with Gasteiger partial charge >= 0.3 is 5.97 Å². The van der Waals surface area contributed by atoms with Crippen LogP contribution in [0.1, 0.15) is 41.0 Å². The Hall–Kier alpha value is -0.950. The van der Waals surface area contributed by atoms with E-state index in [4.69, 9.17) is 23.7 Å². The Balaban J connectivity index is 1.91. The lowest BCUT2D eigenvalue weighted by Crippen LogP contribution is -2.48. The van der Waals surface area contributed by atoms with Crippen molar-refractivity contribution in [3.8, 4) is 0 Å². The SMILES string of the molecule is CC(=O)O[C@@H]1C/C=C\[C@@H]2OC(C)(C)O[C@H]2[C@@H]2OC(C)(C)O[C@@H]21. The first-order valence-electron chi connectivity index (χ1n) is 7.72. The van der Waals surface area contributed by atoms with E-state index in [0.717, 1.165) is 0 Å². The fraction of sp³-hybridized carbons (Fsp3) is 0.812. The molecule has 1 aliphatic carbocycles. The highest BCUT2D eigenvalue weighted by Gasteiger charge is 2.56. The summed E-state index contributed by atoms with van der Waals surface area (Å²) in [6, 6.07) is 0. The second-order valence-electron chi connectivity index (χ2n) is 6.94. The molecular weight excluding hydrogens is 288 g/mol. The summed E-state index contributed by atoms with van der Waals surface area (Å²) in [6.45, 7) is 8.87. The highest BCUT2D eigenvalue weighted by Crippen LogP contribution is 2.41. The van der Waals surface area contributed by atoms with Gasteiger partial charge in [0.05, 0.1) is 0 Å². The highest BCUT2D eigenvalue weighted by atomic mass is 16.8. The first-order chi connectivity index (χ1) is 10.2. The monoisotopic (exact) mass is 312 g/mol. The third-order valence-corrected chi connectivity index (χ3v) is 4.03. The number of carbonyl (C=O) groups excluding carboxylic acids is 1. The van der Waals surface area contributed by atoms with Crippen molar-refractivity contribution in [1.82, 2.24) is 0 Å². The van der Waals surface area contributed by atoms with E-state index in [2.05, 4.69) is 0 Å². The number of ether oxygens (including phenoxy) is 5. The van der Waals surface area contributed by atoms with Crippen LogP contribution in [0, 0.1) is 0 Å². The van der Waals surface area contributed by atoms with Gasteiger partial charge in [-0.15, -0.1) is 0 Å². The molecule has 0 saturated carbocycles. The van der Waals surface area contributed by atoms with Crippen molar-refractivity contribution in [1.29, 1.82) is 0 Å². The van der Waals surface area contributed by atoms with E-state index in [1.54, 1.807) is 0 Å². The normalized spacial score (nSPS) is 43.6. The lowest BCUT2D eigenvalue weighted by Gasteiger charge is -2.30. The van der Waals surface area contributed by atoms with Crippen molar-refractivity contribution in [3.05, 3.63) is 12.2 Å². The predicted molar refractivity (Wildman–Crippen MR) is 77.0 cm³/mol. The van der Waals surface area contributed by atoms with Crippen LogP contribution in [0.5, 0.6) is 0 Å². The van der Waals surface area contributed by atoms with Crippen LogP contribution in [0.25, 0.3) is 0 Å². The summed E-state index contributed by atoms with van der Waals surface area (Å²) in [7, 11) is 0. The first-order valence-corrected chi connectivity index (χ1v) is 7.72. The van der Waals surface area contributed by atoms with E-state index in [9.17, 15) is 4.79 Å². The Morgan fingerprint density at radius 3 is 2.27 bits per heavy atom. The summed E-state index contributed by atoms with van der Waals surface area (Å²) in [5, 5.41) is 0. The van der Waals surface area contributed by atoms with E-state index in [1.165, 1.54) is 6.92 Å². The zero-order chi connectivity index (χ0) is 16.1. The van der Waals surface area contributed by atoms with Crippen LogP contribution in [0.2, 0.25) is 0 Å². The molecule has 3 aliphatic rings. The summed E-state index contributed by atoms with van der Waals surface area (Å²) in [5.74, 6) is -1.76. The van der Waals surface area contributed by atoms with Crippen LogP contribution >= 0.6 is 0 Å². The van der Waals surface area contributed by atoms with Crippen LogP contribution in [0.4, 0.5) is 0 Å². The van der Waals surface area contributed by atoms with Crippen molar-refractivity contribution < 1.29 is 28.5 Å². The molecule has 2 saturated heterocycles. The van der Waals surface area contributed by atoms with Crippen LogP contribution in [-0.4, -0.2) is 48.1 Å². The average molecular weight is 312 g/mol. The smallest absolute Gasteiger partial charge is 0.303 e. The molecule has 0 aromatic carbocycles. The van der Waals surface area contributed by atoms with Gasteiger partial charge in [-0.1, -0.05) is 12.2 Å². The van der Waals surface area contributed by atoms with Crippen LogP contribution in [0.15, 0.2) is 12.2 Å². The van der Waals surface area contributed by atoms with E-state index >= 15 is 0 Å². The molecule has 124 valence electrons. The quantitative estimate of drug-likeness (QED) is 0.544. The minimum Gasteiger partial charge on any atom is -0.459 e. The zero-order valence-corrected chi connectivity index (χ0v) is 13.7. The minimum atomic E-state index is -0.751. The lowest BCUT2D eigenvalue weighted by atomic mass is 9.94. The Labute approximate surface area is 130 Å². The largest absolute Gasteiger partial charge is 0.459 e. The van der Waals surface area contributed by atoms with Crippen LogP contribution in [0.3, 0.4) is 0 Å². The van der Waals surface area contributed by atoms with Crippen LogP contribution in [-0.2, 0) is 28.5 Å². The van der Waals surface area contributed by atoms with E-state index in [0.29, 0.717) is 6.42 Å². The van der Waals surface area contributed by atoms with E-state index < -0.39 is 17.7 Å². The van der Waals surface area contributed by atoms with Crippen molar-refractivity contribution in [2.24, 2.45) is 0 Å².